The van der Waals surface area contributed by atoms with E-state index in [0.29, 0.717) is 13.1 Å². The van der Waals surface area contributed by atoms with Crippen LogP contribution in [-0.2, 0) is 16.1 Å². The third-order valence-electron chi connectivity index (χ3n) is 3.42. The van der Waals surface area contributed by atoms with E-state index in [-0.39, 0.29) is 18.4 Å². The van der Waals surface area contributed by atoms with Crippen molar-refractivity contribution >= 4 is 12.0 Å². The number of nitrogens with one attached hydrogen (secondary N) is 1. The highest BCUT2D eigenvalue weighted by molar-refractivity contribution is 5.85. The minimum atomic E-state index is -0.497. The molecule has 0 aliphatic carbocycles. The summed E-state index contributed by atoms with van der Waals surface area (Å²) in [5, 5.41) is 2.81. The smallest absolute Gasteiger partial charge is 0.410 e. The van der Waals surface area contributed by atoms with Gasteiger partial charge in [-0.2, -0.15) is 0 Å². The second kappa shape index (κ2) is 6.41. The number of benzene rings is 1. The SMILES string of the molecule is C[C@@H]1CNC(=O)[C@@H](C)N(C(=O)OCc2ccccc2)C1. The van der Waals surface area contributed by atoms with Gasteiger partial charge < -0.3 is 10.1 Å². The largest absolute Gasteiger partial charge is 0.445 e. The van der Waals surface area contributed by atoms with Gasteiger partial charge >= 0.3 is 6.09 Å². The Morgan fingerprint density at radius 2 is 2.05 bits per heavy atom. The van der Waals surface area contributed by atoms with Crippen LogP contribution in [0.4, 0.5) is 4.79 Å². The molecule has 0 aromatic heterocycles. The first-order valence-electron chi connectivity index (χ1n) is 6.83. The molecule has 2 amide bonds. The summed E-state index contributed by atoms with van der Waals surface area (Å²) < 4.78 is 5.30. The summed E-state index contributed by atoms with van der Waals surface area (Å²) in [6.07, 6.45) is -0.440. The van der Waals surface area contributed by atoms with E-state index in [1.165, 1.54) is 4.90 Å². The van der Waals surface area contributed by atoms with Gasteiger partial charge in [0.2, 0.25) is 5.91 Å². The minimum absolute atomic E-state index is 0.133. The van der Waals surface area contributed by atoms with Gasteiger partial charge in [-0.05, 0) is 18.4 Å². The molecule has 1 aromatic rings. The Hall–Kier alpha value is -2.04. The van der Waals surface area contributed by atoms with Crippen molar-refractivity contribution in [1.82, 2.24) is 10.2 Å². The average molecular weight is 276 g/mol. The van der Waals surface area contributed by atoms with Crippen LogP contribution in [-0.4, -0.2) is 36.0 Å². The Morgan fingerprint density at radius 3 is 2.75 bits per heavy atom. The van der Waals surface area contributed by atoms with Crippen molar-refractivity contribution in [2.24, 2.45) is 5.92 Å². The van der Waals surface area contributed by atoms with Crippen LogP contribution in [0.2, 0.25) is 0 Å². The standard InChI is InChI=1S/C15H20N2O3/c1-11-8-16-14(18)12(2)17(9-11)15(19)20-10-13-6-4-3-5-7-13/h3-7,11-12H,8-10H2,1-2H3,(H,16,18)/t11-,12-/m1/s1. The zero-order valence-corrected chi connectivity index (χ0v) is 11.8. The molecule has 1 aliphatic heterocycles. The first-order valence-corrected chi connectivity index (χ1v) is 6.83. The molecule has 0 radical (unpaired) electrons. The average Bonchev–Trinajstić information content (AvgIpc) is 2.59. The van der Waals surface area contributed by atoms with Crippen LogP contribution >= 0.6 is 0 Å². The monoisotopic (exact) mass is 276 g/mol. The van der Waals surface area contributed by atoms with E-state index >= 15 is 0 Å². The highest BCUT2D eigenvalue weighted by Crippen LogP contribution is 2.12. The topological polar surface area (TPSA) is 58.6 Å². The number of amides is 2. The molecule has 0 bridgehead atoms. The third-order valence-corrected chi connectivity index (χ3v) is 3.42. The summed E-state index contributed by atoms with van der Waals surface area (Å²) in [4.78, 5) is 25.4. The Bertz CT molecular complexity index is 475. The van der Waals surface area contributed by atoms with Gasteiger partial charge in [0.15, 0.2) is 0 Å². The van der Waals surface area contributed by atoms with Gasteiger partial charge in [0.1, 0.15) is 12.6 Å². The van der Waals surface area contributed by atoms with Crippen LogP contribution in [0.15, 0.2) is 30.3 Å². The fourth-order valence-electron chi connectivity index (χ4n) is 2.16. The van der Waals surface area contributed by atoms with Crippen LogP contribution in [0.1, 0.15) is 19.4 Å². The Balaban J connectivity index is 1.97. The summed E-state index contributed by atoms with van der Waals surface area (Å²) in [7, 11) is 0. The molecular formula is C15H20N2O3. The van der Waals surface area contributed by atoms with Crippen LogP contribution < -0.4 is 5.32 Å². The quantitative estimate of drug-likeness (QED) is 0.895. The van der Waals surface area contributed by atoms with E-state index in [1.807, 2.05) is 37.3 Å². The normalized spacial score (nSPS) is 22.9. The lowest BCUT2D eigenvalue weighted by molar-refractivity contribution is -0.124. The van der Waals surface area contributed by atoms with Crippen molar-refractivity contribution in [3.63, 3.8) is 0 Å². The lowest BCUT2D eigenvalue weighted by Crippen LogP contribution is -2.45. The molecule has 1 aromatic carbocycles. The van der Waals surface area contributed by atoms with E-state index in [4.69, 9.17) is 4.74 Å². The van der Waals surface area contributed by atoms with Gasteiger partial charge in [-0.1, -0.05) is 37.3 Å². The number of nitrogens with zero attached hydrogens (tertiary/aromatic N) is 1. The highest BCUT2D eigenvalue weighted by atomic mass is 16.6. The second-order valence-electron chi connectivity index (χ2n) is 5.22. The minimum Gasteiger partial charge on any atom is -0.445 e. The molecule has 1 saturated heterocycles. The molecule has 0 spiro atoms. The molecule has 2 rings (SSSR count). The van der Waals surface area contributed by atoms with E-state index in [2.05, 4.69) is 5.32 Å². The van der Waals surface area contributed by atoms with Gasteiger partial charge in [0.05, 0.1) is 0 Å². The molecular weight excluding hydrogens is 256 g/mol. The van der Waals surface area contributed by atoms with Crippen molar-refractivity contribution in [1.29, 1.82) is 0 Å². The number of carbonyl (C=O) groups is 2. The fourth-order valence-corrected chi connectivity index (χ4v) is 2.16. The molecule has 2 atom stereocenters. The van der Waals surface area contributed by atoms with Gasteiger partial charge in [-0.15, -0.1) is 0 Å². The second-order valence-corrected chi connectivity index (χ2v) is 5.22. The fraction of sp³-hybridized carbons (Fsp3) is 0.467. The van der Waals surface area contributed by atoms with Crippen molar-refractivity contribution in [2.45, 2.75) is 26.5 Å². The molecule has 108 valence electrons. The Labute approximate surface area is 118 Å². The molecule has 1 heterocycles. The van der Waals surface area contributed by atoms with Gasteiger partial charge in [0, 0.05) is 13.1 Å². The lowest BCUT2D eigenvalue weighted by atomic mass is 10.2. The number of hydrogen-bond acceptors (Lipinski definition) is 3. The van der Waals surface area contributed by atoms with E-state index in [9.17, 15) is 9.59 Å². The summed E-state index contributed by atoms with van der Waals surface area (Å²) >= 11 is 0. The van der Waals surface area contributed by atoms with E-state index in [0.717, 1.165) is 5.56 Å². The maximum atomic E-state index is 12.1. The zero-order chi connectivity index (χ0) is 14.5. The maximum absolute atomic E-state index is 12.1. The molecule has 5 nitrogen and oxygen atoms in total. The van der Waals surface area contributed by atoms with Crippen molar-refractivity contribution in [2.75, 3.05) is 13.1 Å². The molecule has 1 fully saturated rings. The summed E-state index contributed by atoms with van der Waals surface area (Å²) in [6.45, 7) is 5.05. The molecule has 0 saturated carbocycles. The van der Waals surface area contributed by atoms with Crippen molar-refractivity contribution in [3.8, 4) is 0 Å². The number of rotatable bonds is 2. The zero-order valence-electron chi connectivity index (χ0n) is 11.8. The molecule has 5 heteroatoms. The van der Waals surface area contributed by atoms with Crippen molar-refractivity contribution in [3.05, 3.63) is 35.9 Å². The maximum Gasteiger partial charge on any atom is 0.410 e. The van der Waals surface area contributed by atoms with Crippen LogP contribution in [0.5, 0.6) is 0 Å². The Kier molecular flexibility index (Phi) is 4.61. The summed E-state index contributed by atoms with van der Waals surface area (Å²) in [6, 6.07) is 9.00. The van der Waals surface area contributed by atoms with E-state index in [1.54, 1.807) is 6.92 Å². The van der Waals surface area contributed by atoms with Gasteiger partial charge in [-0.25, -0.2) is 4.79 Å². The first-order chi connectivity index (χ1) is 9.58. The predicted octanol–water partition coefficient (Wildman–Crippen LogP) is 1.78. The van der Waals surface area contributed by atoms with Crippen LogP contribution in [0, 0.1) is 5.92 Å². The van der Waals surface area contributed by atoms with Gasteiger partial charge in [-0.3, -0.25) is 9.69 Å². The van der Waals surface area contributed by atoms with Crippen LogP contribution in [0.25, 0.3) is 0 Å². The van der Waals surface area contributed by atoms with E-state index < -0.39 is 12.1 Å². The number of hydrogen-bond donors (Lipinski definition) is 1. The van der Waals surface area contributed by atoms with Gasteiger partial charge in [0.25, 0.3) is 0 Å². The number of ether oxygens (including phenoxy) is 1. The lowest BCUT2D eigenvalue weighted by Gasteiger charge is -2.26. The summed E-state index contributed by atoms with van der Waals surface area (Å²) in [5.41, 5.74) is 0.931. The molecule has 20 heavy (non-hydrogen) atoms. The van der Waals surface area contributed by atoms with Crippen molar-refractivity contribution < 1.29 is 14.3 Å². The third kappa shape index (κ3) is 3.50. The highest BCUT2D eigenvalue weighted by Gasteiger charge is 2.31. The Morgan fingerprint density at radius 1 is 1.35 bits per heavy atom. The summed E-state index contributed by atoms with van der Waals surface area (Å²) in [5.74, 6) is 0.0826. The molecule has 0 unspecified atom stereocenters. The number of carbonyl (C=O) groups excluding carboxylic acids is 2. The van der Waals surface area contributed by atoms with Crippen LogP contribution in [0.3, 0.4) is 0 Å². The predicted molar refractivity (Wildman–Crippen MR) is 75.0 cm³/mol. The first kappa shape index (κ1) is 14.4. The molecule has 1 aliphatic rings. The molecule has 1 N–H and O–H groups in total.